The Balaban J connectivity index is 1.73. The van der Waals surface area contributed by atoms with Crippen LogP contribution in [-0.2, 0) is 13.3 Å². The van der Waals surface area contributed by atoms with Gasteiger partial charge in [0.1, 0.15) is 0 Å². The summed E-state index contributed by atoms with van der Waals surface area (Å²) in [7, 11) is -5.33. The number of hydrogen-bond acceptors (Lipinski definition) is 4. The molecule has 7 atom stereocenters. The molecule has 3 aliphatic carbocycles. The van der Waals surface area contributed by atoms with E-state index in [2.05, 4.69) is 101 Å². The van der Waals surface area contributed by atoms with Crippen LogP contribution in [0.5, 0.6) is 0 Å². The zero-order valence-corrected chi connectivity index (χ0v) is 40.6. The first-order valence-electron chi connectivity index (χ1n) is 22.5. The average molecular weight is 789 g/mol. The van der Waals surface area contributed by atoms with Crippen LogP contribution in [0.2, 0.25) is 54.4 Å². The lowest BCUT2D eigenvalue weighted by atomic mass is 9.60. The van der Waals surface area contributed by atoms with Crippen molar-refractivity contribution in [2.24, 2.45) is 23.2 Å². The molecule has 7 heteroatoms. The van der Waals surface area contributed by atoms with E-state index in [-0.39, 0.29) is 17.2 Å². The van der Waals surface area contributed by atoms with Crippen LogP contribution in [0.25, 0.3) is 0 Å². The highest BCUT2D eigenvalue weighted by Gasteiger charge is 2.50. The van der Waals surface area contributed by atoms with Gasteiger partial charge in [-0.15, -0.1) is 0 Å². The molecule has 0 bridgehead atoms. The summed E-state index contributed by atoms with van der Waals surface area (Å²) >= 11 is 0. The van der Waals surface area contributed by atoms with Crippen molar-refractivity contribution in [2.75, 3.05) is 6.61 Å². The second kappa shape index (κ2) is 19.4. The first-order chi connectivity index (χ1) is 24.7. The standard InChI is InChI=1S/C46H88O4Si3/c1-16-52(17-2,18-3)49-40-34-39(37(8)43(35-40)50-53(19-4,20-5)21-6)27-26-38-25-23-31-46(13)41(28-29-42(38)46)36(7)24-22-30-45(12,47)32-33-48-51(14,15)44(9,10)11/h26-27,36,40-43,47H,8,16-25,28-35H2,1-7,9-15H3/b38-26+,39-27-/t36-,40-,41-,42+,43+,45-,46-/m1/s1. The largest absolute Gasteiger partial charge is 0.417 e. The maximum absolute atomic E-state index is 11.3. The monoisotopic (exact) mass is 789 g/mol. The van der Waals surface area contributed by atoms with Gasteiger partial charge in [-0.3, -0.25) is 0 Å². The smallest absolute Gasteiger partial charge is 0.192 e. The lowest BCUT2D eigenvalue weighted by Crippen LogP contribution is -2.46. The predicted octanol–water partition coefficient (Wildman–Crippen LogP) is 14.2. The van der Waals surface area contributed by atoms with E-state index in [1.807, 2.05) is 6.92 Å². The fourth-order valence-electron chi connectivity index (χ4n) is 10.4. The summed E-state index contributed by atoms with van der Waals surface area (Å²) in [5.74, 6) is 2.10. The van der Waals surface area contributed by atoms with E-state index in [4.69, 9.17) is 19.9 Å². The zero-order valence-electron chi connectivity index (χ0n) is 37.6. The number of hydrogen-bond donors (Lipinski definition) is 1. The minimum Gasteiger partial charge on any atom is -0.417 e. The lowest BCUT2D eigenvalue weighted by molar-refractivity contribution is 0.0215. The van der Waals surface area contributed by atoms with Gasteiger partial charge >= 0.3 is 0 Å². The van der Waals surface area contributed by atoms with Crippen LogP contribution >= 0.6 is 0 Å². The predicted molar refractivity (Wildman–Crippen MR) is 238 cm³/mol. The molecule has 0 aliphatic heterocycles. The van der Waals surface area contributed by atoms with Gasteiger partial charge in [0.15, 0.2) is 25.0 Å². The third-order valence-corrected chi connectivity index (χ3v) is 29.8. The number of rotatable bonds is 20. The van der Waals surface area contributed by atoms with Gasteiger partial charge in [-0.2, -0.15) is 0 Å². The summed E-state index contributed by atoms with van der Waals surface area (Å²) in [4.78, 5) is 0. The van der Waals surface area contributed by atoms with Gasteiger partial charge < -0.3 is 18.4 Å². The fraction of sp³-hybridized carbons (Fsp3) is 0.870. The first kappa shape index (κ1) is 47.1. The fourth-order valence-corrected chi connectivity index (χ4v) is 17.2. The van der Waals surface area contributed by atoms with E-state index < -0.39 is 30.6 Å². The van der Waals surface area contributed by atoms with Gasteiger partial charge in [0, 0.05) is 13.0 Å². The normalized spacial score (nSPS) is 29.5. The first-order valence-corrected chi connectivity index (χ1v) is 30.5. The number of fused-ring (bicyclic) bond motifs is 1. The number of aliphatic hydroxyl groups is 1. The van der Waals surface area contributed by atoms with Crippen molar-refractivity contribution in [2.45, 2.75) is 226 Å². The Bertz CT molecular complexity index is 1210. The molecule has 4 nitrogen and oxygen atoms in total. The van der Waals surface area contributed by atoms with E-state index in [1.54, 1.807) is 5.57 Å². The van der Waals surface area contributed by atoms with Crippen molar-refractivity contribution in [3.63, 3.8) is 0 Å². The minimum atomic E-state index is -1.80. The Morgan fingerprint density at radius 3 is 2.04 bits per heavy atom. The summed E-state index contributed by atoms with van der Waals surface area (Å²) in [5, 5.41) is 11.5. The van der Waals surface area contributed by atoms with E-state index >= 15 is 0 Å². The van der Waals surface area contributed by atoms with E-state index in [0.29, 0.717) is 23.9 Å². The van der Waals surface area contributed by atoms with Crippen LogP contribution in [0, 0.1) is 23.2 Å². The van der Waals surface area contributed by atoms with Gasteiger partial charge in [-0.1, -0.05) is 113 Å². The molecule has 0 radical (unpaired) electrons. The topological polar surface area (TPSA) is 47.9 Å². The lowest BCUT2D eigenvalue weighted by Gasteiger charge is -2.44. The zero-order chi connectivity index (χ0) is 39.9. The van der Waals surface area contributed by atoms with E-state index in [1.165, 1.54) is 85.9 Å². The molecule has 0 heterocycles. The molecule has 0 aromatic heterocycles. The molecule has 0 aromatic rings. The van der Waals surface area contributed by atoms with Crippen molar-refractivity contribution in [3.8, 4) is 0 Å². The summed E-state index contributed by atoms with van der Waals surface area (Å²) in [5.41, 5.74) is 4.00. The highest BCUT2D eigenvalue weighted by atomic mass is 28.4. The van der Waals surface area contributed by atoms with Gasteiger partial charge in [0.05, 0.1) is 17.8 Å². The molecule has 3 fully saturated rings. The Kier molecular flexibility index (Phi) is 17.3. The molecule has 0 spiro atoms. The van der Waals surface area contributed by atoms with Crippen LogP contribution in [-0.4, -0.2) is 54.5 Å². The second-order valence-electron chi connectivity index (χ2n) is 20.1. The van der Waals surface area contributed by atoms with Crippen molar-refractivity contribution in [1.29, 1.82) is 0 Å². The Labute approximate surface area is 333 Å². The molecular formula is C46H88O4Si3. The summed E-state index contributed by atoms with van der Waals surface area (Å²) in [6.45, 7) is 38.1. The SMILES string of the molecule is C=C1/C(=C\C=C2/CCC[C@]3(C)[C@@H]([C@H](C)CCC[C@@](C)(O)CCO[Si](C)(C)C(C)(C)C)CC[C@@H]23)C[C@@H](O[Si](CC)(CC)CC)C[C@@H]1O[Si](CC)(CC)CC. The molecular weight excluding hydrogens is 701 g/mol. The van der Waals surface area contributed by atoms with Crippen molar-refractivity contribution in [3.05, 3.63) is 35.5 Å². The summed E-state index contributed by atoms with van der Waals surface area (Å²) in [6.07, 6.45) is 17.7. The quantitative estimate of drug-likeness (QED) is 0.125. The van der Waals surface area contributed by atoms with Gasteiger partial charge in [-0.25, -0.2) is 0 Å². The molecule has 0 unspecified atom stereocenters. The molecule has 3 rings (SSSR count). The molecule has 0 aromatic carbocycles. The van der Waals surface area contributed by atoms with Gasteiger partial charge in [0.25, 0.3) is 0 Å². The molecule has 3 aliphatic rings. The molecule has 3 saturated carbocycles. The minimum absolute atomic E-state index is 0.0843. The summed E-state index contributed by atoms with van der Waals surface area (Å²) < 4.78 is 20.9. The van der Waals surface area contributed by atoms with Crippen LogP contribution < -0.4 is 0 Å². The molecule has 0 amide bonds. The third-order valence-electron chi connectivity index (χ3n) is 15.9. The summed E-state index contributed by atoms with van der Waals surface area (Å²) in [6, 6.07) is 7.07. The maximum atomic E-state index is 11.3. The van der Waals surface area contributed by atoms with E-state index in [0.717, 1.165) is 38.0 Å². The highest BCUT2D eigenvalue weighted by Crippen LogP contribution is 2.60. The average Bonchev–Trinajstić information content (AvgIpc) is 3.47. The van der Waals surface area contributed by atoms with Gasteiger partial charge in [0.2, 0.25) is 0 Å². The molecule has 0 saturated heterocycles. The van der Waals surface area contributed by atoms with Crippen molar-refractivity contribution in [1.82, 2.24) is 0 Å². The Morgan fingerprint density at radius 1 is 0.887 bits per heavy atom. The maximum Gasteiger partial charge on any atom is 0.192 e. The third kappa shape index (κ3) is 11.7. The molecule has 53 heavy (non-hydrogen) atoms. The van der Waals surface area contributed by atoms with Crippen LogP contribution in [0.4, 0.5) is 0 Å². The highest BCUT2D eigenvalue weighted by molar-refractivity contribution is 6.74. The molecule has 1 N–H and O–H groups in total. The van der Waals surface area contributed by atoms with Crippen LogP contribution in [0.15, 0.2) is 35.5 Å². The van der Waals surface area contributed by atoms with E-state index in [9.17, 15) is 5.11 Å². The Morgan fingerprint density at radius 2 is 1.47 bits per heavy atom. The number of allylic oxidation sites excluding steroid dienone is 3. The van der Waals surface area contributed by atoms with Crippen molar-refractivity contribution < 1.29 is 18.4 Å². The Hall–Kier alpha value is -0.289. The van der Waals surface area contributed by atoms with Gasteiger partial charge in [-0.05, 0) is 147 Å². The molecule has 308 valence electrons. The van der Waals surface area contributed by atoms with Crippen molar-refractivity contribution >= 4 is 25.0 Å². The van der Waals surface area contributed by atoms with Crippen LogP contribution in [0.3, 0.4) is 0 Å². The van der Waals surface area contributed by atoms with Crippen LogP contribution in [0.1, 0.15) is 154 Å². The second-order valence-corrected chi connectivity index (χ2v) is 34.3.